The van der Waals surface area contributed by atoms with Crippen molar-refractivity contribution >= 4 is 11.5 Å². The highest BCUT2D eigenvalue weighted by atomic mass is 16.5. The van der Waals surface area contributed by atoms with Gasteiger partial charge in [-0.3, -0.25) is 4.79 Å². The van der Waals surface area contributed by atoms with Crippen molar-refractivity contribution in [3.05, 3.63) is 89.3 Å². The second kappa shape index (κ2) is 7.10. The van der Waals surface area contributed by atoms with Crippen LogP contribution in [-0.4, -0.2) is 18.5 Å². The smallest absolute Gasteiger partial charge is 0.187 e. The van der Waals surface area contributed by atoms with Crippen LogP contribution in [0.1, 0.15) is 34.7 Å². The molecule has 2 atom stereocenters. The summed E-state index contributed by atoms with van der Waals surface area (Å²) < 4.78 is 12.1. The predicted octanol–water partition coefficient (Wildman–Crippen LogP) is 5.80. The number of benzene rings is 3. The van der Waals surface area contributed by atoms with Crippen molar-refractivity contribution in [2.75, 3.05) is 6.61 Å². The van der Waals surface area contributed by atoms with Gasteiger partial charge in [0.1, 0.15) is 17.6 Å². The monoisotopic (exact) mass is 381 g/mol. The van der Waals surface area contributed by atoms with E-state index in [1.165, 1.54) is 0 Å². The van der Waals surface area contributed by atoms with Crippen LogP contribution in [0.25, 0.3) is 16.0 Å². The number of hydrogen-bond acceptors (Lipinski definition) is 3. The van der Waals surface area contributed by atoms with Gasteiger partial charge in [-0.25, -0.2) is 4.85 Å². The highest BCUT2D eigenvalue weighted by molar-refractivity contribution is 6.01. The summed E-state index contributed by atoms with van der Waals surface area (Å²) in [6.07, 6.45) is 1.01. The van der Waals surface area contributed by atoms with Crippen LogP contribution in [0.3, 0.4) is 0 Å². The van der Waals surface area contributed by atoms with Gasteiger partial charge >= 0.3 is 0 Å². The van der Waals surface area contributed by atoms with Gasteiger partial charge in [-0.2, -0.15) is 0 Å². The summed E-state index contributed by atoms with van der Waals surface area (Å²) in [5, 5.41) is 0. The molecule has 4 heteroatoms. The Labute approximate surface area is 169 Å². The molecule has 0 saturated heterocycles. The number of Topliss-reactive ketones (excluding diaryl/α,β-unsaturated/α-hetero) is 1. The number of nitrogens with zero attached hydrogens (tertiary/aromatic N) is 1. The summed E-state index contributed by atoms with van der Waals surface area (Å²) in [6, 6.07) is 21.2. The third-order valence-electron chi connectivity index (χ3n) is 5.71. The second-order valence-electron chi connectivity index (χ2n) is 7.44. The Kier molecular flexibility index (Phi) is 4.29. The number of ether oxygens (including phenoxy) is 2. The molecule has 0 spiro atoms. The Hall–Kier alpha value is -3.58. The quantitative estimate of drug-likeness (QED) is 0.526. The minimum atomic E-state index is -0.184. The van der Waals surface area contributed by atoms with Gasteiger partial charge in [0.05, 0.1) is 18.7 Å². The minimum absolute atomic E-state index is 0.100. The molecule has 3 aromatic rings. The normalized spacial score (nSPS) is 19.9. The molecule has 2 heterocycles. The van der Waals surface area contributed by atoms with E-state index in [1.807, 2.05) is 54.6 Å². The third-order valence-corrected chi connectivity index (χ3v) is 5.71. The zero-order valence-corrected chi connectivity index (χ0v) is 15.8. The molecule has 142 valence electrons. The maximum absolute atomic E-state index is 13.0. The number of carbonyl (C=O) groups excluding carboxylic acids is 1. The van der Waals surface area contributed by atoms with E-state index in [-0.39, 0.29) is 17.8 Å². The zero-order chi connectivity index (χ0) is 19.8. The number of fused-ring (bicyclic) bond motifs is 2. The van der Waals surface area contributed by atoms with E-state index in [0.717, 1.165) is 28.9 Å². The fourth-order valence-corrected chi connectivity index (χ4v) is 4.26. The maximum atomic E-state index is 13.0. The molecule has 0 saturated carbocycles. The molecule has 0 bridgehead atoms. The van der Waals surface area contributed by atoms with Crippen molar-refractivity contribution in [3.63, 3.8) is 0 Å². The molecule has 0 fully saturated rings. The fourth-order valence-electron chi connectivity index (χ4n) is 4.26. The van der Waals surface area contributed by atoms with Crippen LogP contribution in [0.15, 0.2) is 66.7 Å². The van der Waals surface area contributed by atoms with Crippen LogP contribution in [0.2, 0.25) is 0 Å². The SMILES string of the molecule is [C-]#[N+]c1cccc(-c2ccc3c(c2)C(=O)CC(C2CCOc4ccccc42)O3)c1. The van der Waals surface area contributed by atoms with E-state index < -0.39 is 0 Å². The van der Waals surface area contributed by atoms with Gasteiger partial charge in [-0.05, 0) is 41.8 Å². The number of rotatable bonds is 2. The fraction of sp³-hybridized carbons (Fsp3) is 0.200. The molecule has 3 aromatic carbocycles. The average Bonchev–Trinajstić information content (AvgIpc) is 2.78. The lowest BCUT2D eigenvalue weighted by Crippen LogP contribution is -2.35. The van der Waals surface area contributed by atoms with E-state index in [0.29, 0.717) is 30.0 Å². The van der Waals surface area contributed by atoms with Gasteiger partial charge in [0.2, 0.25) is 0 Å². The average molecular weight is 381 g/mol. The molecular formula is C25H19NO3. The van der Waals surface area contributed by atoms with Gasteiger partial charge in [0, 0.05) is 17.9 Å². The summed E-state index contributed by atoms with van der Waals surface area (Å²) in [5.41, 5.74) is 4.16. The standard InChI is InChI=1S/C25H19NO3/c1-26-18-6-4-5-16(13-18)17-9-10-24-21(14-17)22(27)15-25(29-24)20-11-12-28-23-8-3-2-7-19(20)23/h2-10,13-14,20,25H,11-12,15H2. The lowest BCUT2D eigenvalue weighted by molar-refractivity contribution is 0.0765. The predicted molar refractivity (Wildman–Crippen MR) is 111 cm³/mol. The summed E-state index contributed by atoms with van der Waals surface area (Å²) in [5.74, 6) is 1.77. The van der Waals surface area contributed by atoms with Gasteiger partial charge in [0.25, 0.3) is 0 Å². The van der Waals surface area contributed by atoms with Crippen LogP contribution < -0.4 is 9.47 Å². The number of hydrogen-bond donors (Lipinski definition) is 0. The van der Waals surface area contributed by atoms with Crippen molar-refractivity contribution in [1.29, 1.82) is 0 Å². The van der Waals surface area contributed by atoms with Crippen molar-refractivity contribution < 1.29 is 14.3 Å². The van der Waals surface area contributed by atoms with E-state index >= 15 is 0 Å². The first-order valence-corrected chi connectivity index (χ1v) is 9.76. The number of para-hydroxylation sites is 1. The molecular weight excluding hydrogens is 362 g/mol. The van der Waals surface area contributed by atoms with Crippen LogP contribution in [0, 0.1) is 6.57 Å². The van der Waals surface area contributed by atoms with Crippen molar-refractivity contribution in [1.82, 2.24) is 0 Å². The molecule has 2 aliphatic heterocycles. The Morgan fingerprint density at radius 2 is 1.79 bits per heavy atom. The highest BCUT2D eigenvalue weighted by Crippen LogP contribution is 2.41. The first-order valence-electron chi connectivity index (χ1n) is 9.76. The first kappa shape index (κ1) is 17.5. The Morgan fingerprint density at radius 1 is 0.931 bits per heavy atom. The van der Waals surface area contributed by atoms with Crippen LogP contribution in [-0.2, 0) is 0 Å². The summed E-state index contributed by atoms with van der Waals surface area (Å²) in [7, 11) is 0. The number of ketones is 1. The Balaban J connectivity index is 1.46. The van der Waals surface area contributed by atoms with Crippen molar-refractivity contribution in [2.45, 2.75) is 24.9 Å². The summed E-state index contributed by atoms with van der Waals surface area (Å²) in [4.78, 5) is 16.5. The molecule has 0 aliphatic carbocycles. The second-order valence-corrected chi connectivity index (χ2v) is 7.44. The molecule has 4 nitrogen and oxygen atoms in total. The van der Waals surface area contributed by atoms with E-state index in [1.54, 1.807) is 6.07 Å². The van der Waals surface area contributed by atoms with E-state index in [4.69, 9.17) is 16.0 Å². The van der Waals surface area contributed by atoms with Crippen LogP contribution in [0.4, 0.5) is 5.69 Å². The van der Waals surface area contributed by atoms with Gasteiger partial charge < -0.3 is 9.47 Å². The Morgan fingerprint density at radius 3 is 2.69 bits per heavy atom. The molecule has 29 heavy (non-hydrogen) atoms. The summed E-state index contributed by atoms with van der Waals surface area (Å²) in [6.45, 7) is 7.84. The highest BCUT2D eigenvalue weighted by Gasteiger charge is 2.36. The van der Waals surface area contributed by atoms with Crippen molar-refractivity contribution in [3.8, 4) is 22.6 Å². The van der Waals surface area contributed by atoms with Crippen LogP contribution >= 0.6 is 0 Å². The Bertz CT molecular complexity index is 1140. The molecule has 5 rings (SSSR count). The van der Waals surface area contributed by atoms with Gasteiger partial charge in [-0.1, -0.05) is 42.5 Å². The minimum Gasteiger partial charge on any atom is -0.493 e. The van der Waals surface area contributed by atoms with Gasteiger partial charge in [0.15, 0.2) is 11.5 Å². The van der Waals surface area contributed by atoms with E-state index in [9.17, 15) is 4.79 Å². The number of carbonyl (C=O) groups is 1. The topological polar surface area (TPSA) is 39.9 Å². The largest absolute Gasteiger partial charge is 0.493 e. The van der Waals surface area contributed by atoms with E-state index in [2.05, 4.69) is 10.9 Å². The van der Waals surface area contributed by atoms with Crippen LogP contribution in [0.5, 0.6) is 11.5 Å². The maximum Gasteiger partial charge on any atom is 0.187 e. The lowest BCUT2D eigenvalue weighted by Gasteiger charge is -2.35. The first-order chi connectivity index (χ1) is 14.2. The van der Waals surface area contributed by atoms with Gasteiger partial charge in [-0.15, -0.1) is 0 Å². The zero-order valence-electron chi connectivity index (χ0n) is 15.8. The molecule has 2 aliphatic rings. The third kappa shape index (κ3) is 3.15. The summed E-state index contributed by atoms with van der Waals surface area (Å²) >= 11 is 0. The van der Waals surface area contributed by atoms with Crippen molar-refractivity contribution in [2.24, 2.45) is 0 Å². The molecule has 2 unspecified atom stereocenters. The molecule has 0 amide bonds. The molecule has 0 aromatic heterocycles. The lowest BCUT2D eigenvalue weighted by atomic mass is 9.83. The molecule has 0 N–H and O–H groups in total. The molecule has 0 radical (unpaired) electrons.